The largest absolute Gasteiger partial charge is 0.494 e. The van der Waals surface area contributed by atoms with Crippen LogP contribution in [0.25, 0.3) is 0 Å². The third-order valence-electron chi connectivity index (χ3n) is 1.57. The van der Waals surface area contributed by atoms with E-state index in [0.29, 0.717) is 11.2 Å². The average Bonchev–Trinajstić information content (AvgIpc) is 2.34. The molecule has 0 unspecified atom stereocenters. The first-order chi connectivity index (χ1) is 6.20. The lowest BCUT2D eigenvalue weighted by Gasteiger charge is -2.00. The molecule has 0 bridgehead atoms. The highest BCUT2D eigenvalue weighted by Crippen LogP contribution is 2.34. The van der Waals surface area contributed by atoms with Crippen molar-refractivity contribution in [3.05, 3.63) is 6.07 Å². The van der Waals surface area contributed by atoms with Gasteiger partial charge in [0.1, 0.15) is 6.29 Å². The van der Waals surface area contributed by atoms with Crippen molar-refractivity contribution in [2.45, 2.75) is 18.4 Å². The minimum Gasteiger partial charge on any atom is -0.494 e. The summed E-state index contributed by atoms with van der Waals surface area (Å²) in [6, 6.07) is 1.45. The monoisotopic (exact) mass is 201 g/mol. The highest BCUT2D eigenvalue weighted by Gasteiger charge is 2.12. The van der Waals surface area contributed by atoms with E-state index < -0.39 is 0 Å². The van der Waals surface area contributed by atoms with Crippen LogP contribution in [0.4, 0.5) is 0 Å². The molecule has 1 aromatic rings. The molecule has 1 rings (SSSR count). The third-order valence-corrected chi connectivity index (χ3v) is 2.47. The van der Waals surface area contributed by atoms with Gasteiger partial charge in [-0.3, -0.25) is 4.57 Å². The van der Waals surface area contributed by atoms with Gasteiger partial charge in [0.05, 0.1) is 11.4 Å². The number of thioether (sulfide) groups is 1. The van der Waals surface area contributed by atoms with E-state index in [2.05, 4.69) is 0 Å². The Kier molecular flexibility index (Phi) is 3.25. The lowest BCUT2D eigenvalue weighted by molar-refractivity contribution is -0.108. The first-order valence-electron chi connectivity index (χ1n) is 3.88. The lowest BCUT2D eigenvalue weighted by Crippen LogP contribution is -1.96. The number of aldehydes is 1. The van der Waals surface area contributed by atoms with Crippen LogP contribution in [0, 0.1) is 0 Å². The summed E-state index contributed by atoms with van der Waals surface area (Å²) in [5.41, 5.74) is 0. The number of aromatic hydroxyl groups is 2. The maximum atomic E-state index is 10.2. The Morgan fingerprint density at radius 1 is 1.62 bits per heavy atom. The maximum absolute atomic E-state index is 10.2. The van der Waals surface area contributed by atoms with Gasteiger partial charge in [-0.25, -0.2) is 0 Å². The molecule has 0 aliphatic rings. The van der Waals surface area contributed by atoms with Gasteiger partial charge in [0.25, 0.3) is 0 Å². The predicted molar refractivity (Wildman–Crippen MR) is 50.2 cm³/mol. The Morgan fingerprint density at radius 3 is 2.85 bits per heavy atom. The molecule has 1 heterocycles. The molecule has 2 N–H and O–H groups in total. The van der Waals surface area contributed by atoms with E-state index in [1.54, 1.807) is 0 Å². The molecule has 0 saturated carbocycles. The molecular weight excluding hydrogens is 190 g/mol. The number of carbonyl (C=O) groups excluding carboxylic acids is 1. The lowest BCUT2D eigenvalue weighted by atomic mass is 10.6. The van der Waals surface area contributed by atoms with Gasteiger partial charge in [-0.05, 0) is 5.75 Å². The molecule has 5 heteroatoms. The zero-order chi connectivity index (χ0) is 9.84. The number of nitrogens with zero attached hydrogens (tertiary/aromatic N) is 1. The Balaban J connectivity index is 2.99. The summed E-state index contributed by atoms with van der Waals surface area (Å²) in [6.07, 6.45) is 0.625. The molecule has 0 aliphatic heterocycles. The van der Waals surface area contributed by atoms with E-state index in [0.717, 1.165) is 10.3 Å². The van der Waals surface area contributed by atoms with Crippen molar-refractivity contribution >= 4 is 18.0 Å². The Hall–Kier alpha value is -1.10. The topological polar surface area (TPSA) is 62.5 Å². The molecule has 0 radical (unpaired) electrons. The second kappa shape index (κ2) is 4.23. The van der Waals surface area contributed by atoms with Crippen LogP contribution in [0.15, 0.2) is 11.0 Å². The highest BCUT2D eigenvalue weighted by molar-refractivity contribution is 7.99. The molecule has 0 aromatic carbocycles. The fourth-order valence-corrected chi connectivity index (χ4v) is 1.76. The third kappa shape index (κ3) is 1.98. The van der Waals surface area contributed by atoms with Crippen molar-refractivity contribution in [3.8, 4) is 11.8 Å². The molecule has 0 amide bonds. The summed E-state index contributed by atoms with van der Waals surface area (Å²) >= 11 is 1.42. The first-order valence-corrected chi connectivity index (χ1v) is 4.87. The first kappa shape index (κ1) is 9.98. The van der Waals surface area contributed by atoms with Crippen molar-refractivity contribution in [1.29, 1.82) is 0 Å². The van der Waals surface area contributed by atoms with Crippen molar-refractivity contribution < 1.29 is 15.0 Å². The van der Waals surface area contributed by atoms with Gasteiger partial charge in [0, 0.05) is 6.07 Å². The Labute approximate surface area is 80.2 Å². The molecule has 0 fully saturated rings. The van der Waals surface area contributed by atoms with Crippen LogP contribution in [0.2, 0.25) is 0 Å². The van der Waals surface area contributed by atoms with Crippen LogP contribution in [-0.4, -0.2) is 26.8 Å². The molecular formula is C8H11NO3S. The zero-order valence-electron chi connectivity index (χ0n) is 7.23. The van der Waals surface area contributed by atoms with E-state index in [9.17, 15) is 15.0 Å². The average molecular weight is 201 g/mol. The Bertz CT molecular complexity index is 309. The van der Waals surface area contributed by atoms with Crippen molar-refractivity contribution in [1.82, 2.24) is 4.57 Å². The van der Waals surface area contributed by atoms with E-state index in [4.69, 9.17) is 0 Å². The van der Waals surface area contributed by atoms with Crippen molar-refractivity contribution in [3.63, 3.8) is 0 Å². The van der Waals surface area contributed by atoms with Crippen molar-refractivity contribution in [2.75, 3.05) is 5.75 Å². The van der Waals surface area contributed by atoms with Crippen LogP contribution < -0.4 is 0 Å². The van der Waals surface area contributed by atoms with Crippen LogP contribution >= 0.6 is 11.8 Å². The van der Waals surface area contributed by atoms with Gasteiger partial charge in [0.15, 0.2) is 5.88 Å². The zero-order valence-corrected chi connectivity index (χ0v) is 8.04. The summed E-state index contributed by atoms with van der Waals surface area (Å²) < 4.78 is 1.16. The van der Waals surface area contributed by atoms with E-state index in [-0.39, 0.29) is 18.3 Å². The van der Waals surface area contributed by atoms with E-state index in [1.807, 2.05) is 6.92 Å². The molecule has 4 nitrogen and oxygen atoms in total. The van der Waals surface area contributed by atoms with E-state index >= 15 is 0 Å². The number of carbonyl (C=O) groups is 1. The van der Waals surface area contributed by atoms with Gasteiger partial charge in [0.2, 0.25) is 5.88 Å². The van der Waals surface area contributed by atoms with Crippen LogP contribution in [0.5, 0.6) is 11.8 Å². The second-order valence-electron chi connectivity index (χ2n) is 2.40. The number of aromatic nitrogens is 1. The normalized spacial score (nSPS) is 10.2. The fraction of sp³-hybridized carbons (Fsp3) is 0.375. The molecule has 13 heavy (non-hydrogen) atoms. The van der Waals surface area contributed by atoms with Gasteiger partial charge in [-0.1, -0.05) is 6.92 Å². The van der Waals surface area contributed by atoms with Gasteiger partial charge < -0.3 is 15.0 Å². The summed E-state index contributed by atoms with van der Waals surface area (Å²) in [4.78, 5) is 10.8. The minimum absolute atomic E-state index is 0.0259. The standard InChI is InChI=1S/C8H11NO3S/c1-2-13-6-5-7(11)9(3-4-10)8(6)12/h4-5,11-12H,2-3H2,1H3. The summed E-state index contributed by atoms with van der Waals surface area (Å²) in [7, 11) is 0. The van der Waals surface area contributed by atoms with E-state index in [1.165, 1.54) is 17.8 Å². The summed E-state index contributed by atoms with van der Waals surface area (Å²) in [5, 5.41) is 18.8. The minimum atomic E-state index is -0.0828. The van der Waals surface area contributed by atoms with Crippen LogP contribution in [-0.2, 0) is 11.3 Å². The smallest absolute Gasteiger partial charge is 0.208 e. The molecule has 1 aromatic heterocycles. The predicted octanol–water partition coefficient (Wildman–Crippen LogP) is 1.21. The molecule has 0 saturated heterocycles. The van der Waals surface area contributed by atoms with Gasteiger partial charge >= 0.3 is 0 Å². The number of rotatable bonds is 4. The number of hydrogen-bond acceptors (Lipinski definition) is 4. The van der Waals surface area contributed by atoms with Gasteiger partial charge in [-0.15, -0.1) is 11.8 Å². The molecule has 0 atom stereocenters. The second-order valence-corrected chi connectivity index (χ2v) is 3.71. The SMILES string of the molecule is CCSc1cc(O)n(CC=O)c1O. The fourth-order valence-electron chi connectivity index (χ4n) is 1.02. The maximum Gasteiger partial charge on any atom is 0.208 e. The molecule has 0 spiro atoms. The molecule has 72 valence electrons. The van der Waals surface area contributed by atoms with Crippen LogP contribution in [0.1, 0.15) is 6.92 Å². The number of hydrogen-bond donors (Lipinski definition) is 2. The Morgan fingerprint density at radius 2 is 2.31 bits per heavy atom. The van der Waals surface area contributed by atoms with Crippen molar-refractivity contribution in [2.24, 2.45) is 0 Å². The quantitative estimate of drug-likeness (QED) is 0.567. The summed E-state index contributed by atoms with van der Waals surface area (Å²) in [5.74, 6) is 0.676. The summed E-state index contributed by atoms with van der Waals surface area (Å²) in [6.45, 7) is 1.92. The highest BCUT2D eigenvalue weighted by atomic mass is 32.2. The van der Waals surface area contributed by atoms with Crippen LogP contribution in [0.3, 0.4) is 0 Å². The molecule has 0 aliphatic carbocycles. The van der Waals surface area contributed by atoms with Gasteiger partial charge in [-0.2, -0.15) is 0 Å².